The van der Waals surface area contributed by atoms with Gasteiger partial charge in [-0.3, -0.25) is 4.98 Å². The van der Waals surface area contributed by atoms with E-state index in [1.54, 1.807) is 12.3 Å². The molecule has 0 unspecified atom stereocenters. The molecule has 12 heteroatoms. The third-order valence-corrected chi connectivity index (χ3v) is 7.24. The van der Waals surface area contributed by atoms with E-state index in [9.17, 15) is 4.39 Å². The van der Waals surface area contributed by atoms with Crippen LogP contribution in [0.15, 0.2) is 67.1 Å². The second-order valence-corrected chi connectivity index (χ2v) is 10.6. The van der Waals surface area contributed by atoms with E-state index in [0.717, 1.165) is 29.7 Å². The molecule has 0 saturated carbocycles. The van der Waals surface area contributed by atoms with Crippen molar-refractivity contribution in [3.63, 3.8) is 0 Å². The van der Waals surface area contributed by atoms with Gasteiger partial charge in [-0.15, -0.1) is 0 Å². The van der Waals surface area contributed by atoms with Crippen LogP contribution in [0.5, 0.6) is 17.2 Å². The summed E-state index contributed by atoms with van der Waals surface area (Å²) < 4.78 is 34.2. The van der Waals surface area contributed by atoms with Gasteiger partial charge in [0.1, 0.15) is 40.9 Å². The van der Waals surface area contributed by atoms with Crippen molar-refractivity contribution in [3.8, 4) is 28.5 Å². The molecule has 41 heavy (non-hydrogen) atoms. The topological polar surface area (TPSA) is 110 Å². The number of aromatic nitrogens is 5. The van der Waals surface area contributed by atoms with E-state index in [2.05, 4.69) is 15.0 Å². The van der Waals surface area contributed by atoms with Gasteiger partial charge in [0.05, 0.1) is 16.8 Å². The molecule has 3 aromatic heterocycles. The van der Waals surface area contributed by atoms with Gasteiger partial charge in [0.25, 0.3) is 0 Å². The van der Waals surface area contributed by atoms with Crippen LogP contribution in [0, 0.1) is 12.7 Å². The monoisotopic (exact) mass is 550 g/mol. The Labute approximate surface area is 238 Å². The third kappa shape index (κ3) is 5.60. The van der Waals surface area contributed by atoms with Crippen molar-refractivity contribution in [2.24, 2.45) is 0 Å². The predicted octanol–water partition coefficient (Wildman–Crippen LogP) is 3.52. The number of nitrogens with two attached hydrogens (primary N) is 1. The van der Waals surface area contributed by atoms with Crippen LogP contribution >= 0.6 is 0 Å². The number of pyridine rings is 1. The molecule has 4 heterocycles. The maximum absolute atomic E-state index is 14.6. The zero-order chi connectivity index (χ0) is 28.6. The SMILES string of the molecule is BC(B)(Oc1cc(F)cc(Oc2ccc(-c3nn(C4CCOCC4)c4ncnc(N)c34)cc2)c1)c1ccc(C)nc1. The minimum Gasteiger partial charge on any atom is -0.501 e. The third-order valence-electron chi connectivity index (χ3n) is 7.24. The van der Waals surface area contributed by atoms with E-state index in [1.807, 2.05) is 63.7 Å². The number of nitrogen functional groups attached to an aromatic ring is 1. The van der Waals surface area contributed by atoms with Gasteiger partial charge in [-0.1, -0.05) is 6.07 Å². The number of benzene rings is 2. The fraction of sp³-hybridized carbons (Fsp3) is 0.241. The summed E-state index contributed by atoms with van der Waals surface area (Å²) >= 11 is 0. The van der Waals surface area contributed by atoms with Crippen LogP contribution in [0.2, 0.25) is 0 Å². The van der Waals surface area contributed by atoms with Crippen molar-refractivity contribution in [2.75, 3.05) is 18.9 Å². The Morgan fingerprint density at radius 2 is 1.73 bits per heavy atom. The van der Waals surface area contributed by atoms with Crippen LogP contribution in [0.1, 0.15) is 30.1 Å². The number of halogens is 1. The van der Waals surface area contributed by atoms with Crippen molar-refractivity contribution >= 4 is 32.5 Å². The molecule has 0 aliphatic carbocycles. The Bertz CT molecular complexity index is 1690. The van der Waals surface area contributed by atoms with E-state index in [-0.39, 0.29) is 6.04 Å². The maximum Gasteiger partial charge on any atom is 0.164 e. The summed E-state index contributed by atoms with van der Waals surface area (Å²) in [6, 6.07) is 15.8. The standard InChI is InChI=1S/C29H29B2FN6O3/c1-17-2-5-19(15-34-17)29(30,31)41-24-13-20(32)12-23(14-24)40-22-6-3-18(4-7-22)26-25-27(33)35-16-36-28(25)38(37-26)21-8-10-39-11-9-21/h2-7,12-16,21H,8-11,30-31H2,1H3,(H2,33,35,36). The number of fused-ring (bicyclic) bond motifs is 1. The first-order valence-corrected chi connectivity index (χ1v) is 13.5. The summed E-state index contributed by atoms with van der Waals surface area (Å²) in [5, 5.41) is 4.90. The molecule has 5 aromatic rings. The molecule has 1 fully saturated rings. The highest BCUT2D eigenvalue weighted by Crippen LogP contribution is 2.35. The van der Waals surface area contributed by atoms with Crippen molar-refractivity contribution in [3.05, 3.63) is 84.2 Å². The lowest BCUT2D eigenvalue weighted by molar-refractivity contribution is 0.0674. The van der Waals surface area contributed by atoms with Gasteiger partial charge < -0.3 is 19.9 Å². The fourth-order valence-corrected chi connectivity index (χ4v) is 5.03. The van der Waals surface area contributed by atoms with Crippen molar-refractivity contribution < 1.29 is 18.6 Å². The summed E-state index contributed by atoms with van der Waals surface area (Å²) in [7, 11) is 3.82. The molecule has 0 atom stereocenters. The predicted molar refractivity (Wildman–Crippen MR) is 159 cm³/mol. The maximum atomic E-state index is 14.6. The first-order chi connectivity index (χ1) is 19.8. The normalized spacial score (nSPS) is 14.3. The Balaban J connectivity index is 1.24. The number of nitrogens with zero attached hydrogens (tertiary/aromatic N) is 5. The first-order valence-electron chi connectivity index (χ1n) is 13.5. The van der Waals surface area contributed by atoms with E-state index in [1.165, 1.54) is 18.5 Å². The fourth-order valence-electron chi connectivity index (χ4n) is 5.03. The molecule has 0 radical (unpaired) electrons. The van der Waals surface area contributed by atoms with Crippen LogP contribution in [-0.4, -0.2) is 53.6 Å². The van der Waals surface area contributed by atoms with Crippen LogP contribution < -0.4 is 15.2 Å². The highest BCUT2D eigenvalue weighted by atomic mass is 19.1. The number of rotatable bonds is 7. The second kappa shape index (κ2) is 10.9. The highest BCUT2D eigenvalue weighted by Gasteiger charge is 2.25. The first kappa shape index (κ1) is 26.8. The zero-order valence-electron chi connectivity index (χ0n) is 23.2. The lowest BCUT2D eigenvalue weighted by Gasteiger charge is -2.27. The summed E-state index contributed by atoms with van der Waals surface area (Å²) in [6.45, 7) is 3.29. The number of hydrogen-bond donors (Lipinski definition) is 1. The van der Waals surface area contributed by atoms with Gasteiger partial charge >= 0.3 is 0 Å². The molecule has 6 rings (SSSR count). The summed E-state index contributed by atoms with van der Waals surface area (Å²) in [5.41, 5.74) is 10.3. The summed E-state index contributed by atoms with van der Waals surface area (Å²) in [5.74, 6) is 1.11. The molecule has 2 N–H and O–H groups in total. The molecule has 0 spiro atoms. The van der Waals surface area contributed by atoms with E-state index in [4.69, 9.17) is 25.0 Å². The van der Waals surface area contributed by atoms with Gasteiger partial charge in [0, 0.05) is 48.9 Å². The summed E-state index contributed by atoms with van der Waals surface area (Å²) in [4.78, 5) is 13.0. The lowest BCUT2D eigenvalue weighted by atomic mass is 9.61. The van der Waals surface area contributed by atoms with Crippen LogP contribution in [0.4, 0.5) is 10.2 Å². The molecular weight excluding hydrogens is 521 g/mol. The highest BCUT2D eigenvalue weighted by molar-refractivity contribution is 6.39. The smallest absolute Gasteiger partial charge is 0.164 e. The Kier molecular flexibility index (Phi) is 7.08. The quantitative estimate of drug-likeness (QED) is 0.307. The molecule has 0 amide bonds. The average molecular weight is 550 g/mol. The number of hydrogen-bond acceptors (Lipinski definition) is 8. The average Bonchev–Trinajstić information content (AvgIpc) is 3.35. The van der Waals surface area contributed by atoms with E-state index in [0.29, 0.717) is 53.0 Å². The largest absolute Gasteiger partial charge is 0.501 e. The van der Waals surface area contributed by atoms with E-state index < -0.39 is 11.2 Å². The van der Waals surface area contributed by atoms with Crippen molar-refractivity contribution in [1.82, 2.24) is 24.7 Å². The van der Waals surface area contributed by atoms with Crippen LogP contribution in [0.3, 0.4) is 0 Å². The minimum atomic E-state index is -0.726. The molecule has 1 saturated heterocycles. The van der Waals surface area contributed by atoms with Crippen molar-refractivity contribution in [1.29, 1.82) is 0 Å². The Hall–Kier alpha value is -4.44. The molecular formula is C29H29B2FN6O3. The van der Waals surface area contributed by atoms with E-state index >= 15 is 0 Å². The van der Waals surface area contributed by atoms with Gasteiger partial charge in [-0.25, -0.2) is 19.0 Å². The minimum absolute atomic E-state index is 0.175. The van der Waals surface area contributed by atoms with Crippen LogP contribution in [-0.2, 0) is 10.1 Å². The van der Waals surface area contributed by atoms with Crippen molar-refractivity contribution in [2.45, 2.75) is 31.2 Å². The van der Waals surface area contributed by atoms with Crippen LogP contribution in [0.25, 0.3) is 22.3 Å². The molecule has 2 aromatic carbocycles. The molecule has 1 aliphatic heterocycles. The zero-order valence-corrected chi connectivity index (χ0v) is 23.2. The Morgan fingerprint density at radius 1 is 0.976 bits per heavy atom. The van der Waals surface area contributed by atoms with Gasteiger partial charge in [-0.05, 0) is 55.7 Å². The molecule has 206 valence electrons. The molecule has 1 aliphatic rings. The van der Waals surface area contributed by atoms with Gasteiger partial charge in [0.2, 0.25) is 0 Å². The number of ether oxygens (including phenoxy) is 3. The number of anilines is 1. The molecule has 0 bridgehead atoms. The second-order valence-electron chi connectivity index (χ2n) is 10.6. The lowest BCUT2D eigenvalue weighted by Crippen LogP contribution is -2.34. The van der Waals surface area contributed by atoms with Gasteiger partial charge in [0.15, 0.2) is 21.3 Å². The molecule has 9 nitrogen and oxygen atoms in total. The summed E-state index contributed by atoms with van der Waals surface area (Å²) in [6.07, 6.45) is 4.94. The van der Waals surface area contributed by atoms with Gasteiger partial charge in [-0.2, -0.15) is 5.10 Å². The Morgan fingerprint density at radius 3 is 2.46 bits per heavy atom. The number of aryl methyl sites for hydroxylation is 1.